The van der Waals surface area contributed by atoms with Crippen molar-refractivity contribution in [2.75, 3.05) is 0 Å². The minimum atomic E-state index is -1.17. The van der Waals surface area contributed by atoms with Gasteiger partial charge in [0, 0.05) is 24.9 Å². The first-order valence-corrected chi connectivity index (χ1v) is 18.6. The molecule has 0 radical (unpaired) electrons. The Morgan fingerprint density at radius 2 is 1.25 bits per heavy atom. The van der Waals surface area contributed by atoms with Crippen molar-refractivity contribution in [2.45, 2.75) is 145 Å². The van der Waals surface area contributed by atoms with Gasteiger partial charge < -0.3 is 37.4 Å². The van der Waals surface area contributed by atoms with Gasteiger partial charge in [-0.2, -0.15) is 0 Å². The first-order chi connectivity index (χ1) is 24.1. The van der Waals surface area contributed by atoms with Crippen LogP contribution in [0.15, 0.2) is 30.3 Å². The number of carbonyl (C=O) groups is 6. The van der Waals surface area contributed by atoms with Crippen molar-refractivity contribution in [2.24, 2.45) is 34.8 Å². The van der Waals surface area contributed by atoms with Crippen LogP contribution in [0.3, 0.4) is 0 Å². The van der Waals surface area contributed by atoms with E-state index in [1.54, 1.807) is 34.6 Å². The Balaban J connectivity index is 3.25. The average Bonchev–Trinajstić information content (AvgIpc) is 3.02. The lowest BCUT2D eigenvalue weighted by atomic mass is 9.91. The topological polar surface area (TPSA) is 209 Å². The van der Waals surface area contributed by atoms with Crippen molar-refractivity contribution >= 4 is 35.5 Å². The number of hydrogen-bond donors (Lipinski definition) is 7. The minimum absolute atomic E-state index is 0.0937. The van der Waals surface area contributed by atoms with Crippen LogP contribution in [0.2, 0.25) is 0 Å². The third-order valence-electron chi connectivity index (χ3n) is 8.90. The predicted molar refractivity (Wildman–Crippen MR) is 203 cm³/mol. The number of nitrogens with one attached hydrogen (secondary N) is 5. The summed E-state index contributed by atoms with van der Waals surface area (Å²) in [6.45, 7) is 20.3. The summed E-state index contributed by atoms with van der Waals surface area (Å²) in [4.78, 5) is 78.7. The maximum Gasteiger partial charge on any atom is 0.326 e. The highest BCUT2D eigenvalue weighted by Gasteiger charge is 2.34. The summed E-state index contributed by atoms with van der Waals surface area (Å²) in [5.74, 6) is -4.44. The molecule has 0 aliphatic carbocycles. The monoisotopic (exact) mass is 730 g/mol. The Bertz CT molecular complexity index is 1330. The maximum absolute atomic E-state index is 13.9. The van der Waals surface area contributed by atoms with Crippen LogP contribution >= 0.6 is 0 Å². The van der Waals surface area contributed by atoms with Gasteiger partial charge in [-0.05, 0) is 47.5 Å². The molecule has 0 saturated heterocycles. The van der Waals surface area contributed by atoms with Gasteiger partial charge in [-0.15, -0.1) is 0 Å². The van der Waals surface area contributed by atoms with E-state index in [1.807, 2.05) is 71.9 Å². The van der Waals surface area contributed by atoms with Crippen molar-refractivity contribution in [1.29, 1.82) is 0 Å². The second kappa shape index (κ2) is 21.5. The number of aliphatic carboxylic acids is 1. The Morgan fingerprint density at radius 3 is 1.73 bits per heavy atom. The molecular weight excluding hydrogens is 664 g/mol. The summed E-state index contributed by atoms with van der Waals surface area (Å²) in [5.41, 5.74) is 7.22. The van der Waals surface area contributed by atoms with E-state index in [-0.39, 0.29) is 54.3 Å². The van der Waals surface area contributed by atoms with Crippen LogP contribution in [0, 0.1) is 29.1 Å². The van der Waals surface area contributed by atoms with Gasteiger partial charge in [0.05, 0.1) is 0 Å². The molecule has 1 aromatic carbocycles. The average molecular weight is 731 g/mol. The van der Waals surface area contributed by atoms with Gasteiger partial charge in [0.15, 0.2) is 0 Å². The molecule has 1 rings (SSSR count). The highest BCUT2D eigenvalue weighted by molar-refractivity contribution is 5.93. The molecule has 0 aromatic heterocycles. The Morgan fingerprint density at radius 1 is 0.712 bits per heavy atom. The molecule has 13 heteroatoms. The molecule has 0 spiro atoms. The zero-order valence-corrected chi connectivity index (χ0v) is 33.2. The van der Waals surface area contributed by atoms with Crippen LogP contribution < -0.4 is 32.3 Å². The van der Waals surface area contributed by atoms with Crippen LogP contribution in [0.1, 0.15) is 107 Å². The fraction of sp³-hybridized carbons (Fsp3) is 0.692. The molecule has 13 nitrogen and oxygen atoms in total. The van der Waals surface area contributed by atoms with Crippen molar-refractivity contribution in [1.82, 2.24) is 26.6 Å². The number of carboxylic acids is 1. The highest BCUT2D eigenvalue weighted by atomic mass is 16.4. The fourth-order valence-electron chi connectivity index (χ4n) is 5.72. The standard InChI is InChI=1S/C39H66N6O7/c1-12-25(8)34(37(50)45-33(24(6)7)38(51)52)43-30(46)20-27(40)28(19-26-16-14-13-15-17-26)42-36(49)32(23(4)5)44-35(48)29(18-22(2)3)41-31(47)21-39(9,10)11/h13-17,22-25,27-29,32-34H,12,18-21,40H2,1-11H3,(H,41,47)(H,42,49)(H,43,46)(H,44,48)(H,45,50)(H,51,52)/t25-,27-,28-,29-,32?,33?,34-/m0/s1. The van der Waals surface area contributed by atoms with Gasteiger partial charge in [0.25, 0.3) is 0 Å². The van der Waals surface area contributed by atoms with Crippen LogP contribution in [0.25, 0.3) is 0 Å². The number of rotatable bonds is 21. The van der Waals surface area contributed by atoms with Crippen molar-refractivity contribution in [3.05, 3.63) is 35.9 Å². The van der Waals surface area contributed by atoms with Gasteiger partial charge >= 0.3 is 5.97 Å². The number of benzene rings is 1. The van der Waals surface area contributed by atoms with Crippen molar-refractivity contribution in [3.8, 4) is 0 Å². The molecule has 0 aliphatic heterocycles. The molecule has 0 bridgehead atoms. The molecule has 5 amide bonds. The van der Waals surface area contributed by atoms with Crippen molar-refractivity contribution in [3.63, 3.8) is 0 Å². The molecule has 1 aromatic rings. The number of hydrogen-bond acceptors (Lipinski definition) is 7. The third-order valence-corrected chi connectivity index (χ3v) is 8.90. The number of amides is 5. The van der Waals surface area contributed by atoms with Crippen molar-refractivity contribution < 1.29 is 33.9 Å². The van der Waals surface area contributed by atoms with Gasteiger partial charge in [0.2, 0.25) is 29.5 Å². The summed E-state index contributed by atoms with van der Waals surface area (Å²) in [6.07, 6.45) is 1.19. The fourth-order valence-corrected chi connectivity index (χ4v) is 5.72. The first-order valence-electron chi connectivity index (χ1n) is 18.6. The third kappa shape index (κ3) is 16.6. The zero-order valence-electron chi connectivity index (χ0n) is 33.2. The lowest BCUT2D eigenvalue weighted by molar-refractivity contribution is -0.143. The summed E-state index contributed by atoms with van der Waals surface area (Å²) < 4.78 is 0. The summed E-state index contributed by atoms with van der Waals surface area (Å²) in [5, 5.41) is 23.6. The molecular formula is C39H66N6O7. The molecule has 0 fully saturated rings. The largest absolute Gasteiger partial charge is 0.480 e. The number of nitrogens with two attached hydrogens (primary N) is 1. The smallest absolute Gasteiger partial charge is 0.326 e. The summed E-state index contributed by atoms with van der Waals surface area (Å²) in [6, 6.07) is 3.73. The molecule has 0 heterocycles. The van der Waals surface area contributed by atoms with Gasteiger partial charge in [0.1, 0.15) is 24.2 Å². The number of carbonyl (C=O) groups excluding carboxylic acids is 5. The van der Waals surface area contributed by atoms with E-state index >= 15 is 0 Å². The van der Waals surface area contributed by atoms with Crippen LogP contribution in [-0.4, -0.2) is 76.9 Å². The number of carboxylic acid groups (broad SMARTS) is 1. The molecule has 7 atom stereocenters. The van der Waals surface area contributed by atoms with E-state index < -0.39 is 65.8 Å². The Kier molecular flexibility index (Phi) is 19.0. The molecule has 8 N–H and O–H groups in total. The molecule has 52 heavy (non-hydrogen) atoms. The van der Waals surface area contributed by atoms with Crippen LogP contribution in [-0.2, 0) is 35.2 Å². The lowest BCUT2D eigenvalue weighted by Gasteiger charge is -2.31. The SMILES string of the molecule is CC[C@H](C)[C@H](NC(=O)C[C@H](N)[C@H](Cc1ccccc1)NC(=O)C(NC(=O)[C@H](CC(C)C)NC(=O)CC(C)(C)C)C(C)C)C(=O)NC(C(=O)O)C(C)C. The van der Waals surface area contributed by atoms with E-state index in [0.29, 0.717) is 12.8 Å². The Labute approximate surface area is 310 Å². The van der Waals surface area contributed by atoms with E-state index in [4.69, 9.17) is 5.73 Å². The molecule has 0 aliphatic rings. The second-order valence-electron chi connectivity index (χ2n) is 16.4. The van der Waals surface area contributed by atoms with Crippen LogP contribution in [0.4, 0.5) is 0 Å². The molecule has 294 valence electrons. The van der Waals surface area contributed by atoms with Gasteiger partial charge in [-0.1, -0.05) is 113 Å². The normalized spacial score (nSPS) is 15.8. The van der Waals surface area contributed by atoms with E-state index in [2.05, 4.69) is 26.6 Å². The zero-order chi connectivity index (χ0) is 39.9. The van der Waals surface area contributed by atoms with E-state index in [0.717, 1.165) is 5.56 Å². The highest BCUT2D eigenvalue weighted by Crippen LogP contribution is 2.19. The first kappa shape index (κ1) is 46.0. The lowest BCUT2D eigenvalue weighted by Crippen LogP contribution is -2.60. The summed E-state index contributed by atoms with van der Waals surface area (Å²) in [7, 11) is 0. The second-order valence-corrected chi connectivity index (χ2v) is 16.4. The van der Waals surface area contributed by atoms with Gasteiger partial charge in [-0.3, -0.25) is 24.0 Å². The minimum Gasteiger partial charge on any atom is -0.480 e. The molecule has 2 unspecified atom stereocenters. The van der Waals surface area contributed by atoms with E-state index in [9.17, 15) is 33.9 Å². The molecule has 0 saturated carbocycles. The Hall–Kier alpha value is -4.00. The predicted octanol–water partition coefficient (Wildman–Crippen LogP) is 3.30. The van der Waals surface area contributed by atoms with Crippen LogP contribution in [0.5, 0.6) is 0 Å². The van der Waals surface area contributed by atoms with E-state index in [1.165, 1.54) is 0 Å². The maximum atomic E-state index is 13.9. The van der Waals surface area contributed by atoms with Gasteiger partial charge in [-0.25, -0.2) is 4.79 Å². The quantitative estimate of drug-likeness (QED) is 0.0996. The summed E-state index contributed by atoms with van der Waals surface area (Å²) >= 11 is 0.